The first-order valence-corrected chi connectivity index (χ1v) is 11.1. The van der Waals surface area contributed by atoms with E-state index in [0.717, 1.165) is 11.1 Å². The molecule has 7 heteroatoms. The molecule has 0 radical (unpaired) electrons. The van der Waals surface area contributed by atoms with Gasteiger partial charge in [0.2, 0.25) is 0 Å². The summed E-state index contributed by atoms with van der Waals surface area (Å²) in [5.41, 5.74) is 2.89. The Hall–Kier alpha value is -4.16. The summed E-state index contributed by atoms with van der Waals surface area (Å²) in [5, 5.41) is 3.37. The second kappa shape index (κ2) is 9.37. The van der Waals surface area contributed by atoms with Gasteiger partial charge in [-0.2, -0.15) is 0 Å². The van der Waals surface area contributed by atoms with Crippen molar-refractivity contribution in [2.45, 2.75) is 13.1 Å². The van der Waals surface area contributed by atoms with Gasteiger partial charge < -0.3 is 15.0 Å². The van der Waals surface area contributed by atoms with E-state index in [1.165, 1.54) is 0 Å². The Kier molecular flexibility index (Phi) is 5.97. The van der Waals surface area contributed by atoms with Crippen LogP contribution in [-0.2, 0) is 13.1 Å². The molecule has 2 heterocycles. The van der Waals surface area contributed by atoms with Crippen molar-refractivity contribution < 1.29 is 14.3 Å². The number of anilines is 1. The molecule has 168 valence electrons. The molecule has 1 aliphatic rings. The van der Waals surface area contributed by atoms with E-state index < -0.39 is 0 Å². The maximum atomic E-state index is 13.9. The van der Waals surface area contributed by atoms with Crippen molar-refractivity contribution >= 4 is 29.1 Å². The molecule has 2 amide bonds. The number of carbonyl (C=O) groups excluding carboxylic acids is 2. The summed E-state index contributed by atoms with van der Waals surface area (Å²) in [6.45, 7) is 0.600. The third-order valence-electron chi connectivity index (χ3n) is 5.58. The fraction of sp³-hybridized carbons (Fsp3) is 0.0741. The van der Waals surface area contributed by atoms with Crippen molar-refractivity contribution in [3.63, 3.8) is 0 Å². The highest BCUT2D eigenvalue weighted by Gasteiger charge is 2.28. The quantitative estimate of drug-likeness (QED) is 0.421. The number of hydrogen-bond acceptors (Lipinski definition) is 4. The van der Waals surface area contributed by atoms with Gasteiger partial charge in [-0.05, 0) is 54.1 Å². The number of nitrogens with zero attached hydrogens (tertiary/aromatic N) is 2. The third kappa shape index (κ3) is 4.36. The summed E-state index contributed by atoms with van der Waals surface area (Å²) < 4.78 is 6.10. The fourth-order valence-electron chi connectivity index (χ4n) is 3.87. The molecule has 0 saturated heterocycles. The Morgan fingerprint density at radius 1 is 0.912 bits per heavy atom. The zero-order chi connectivity index (χ0) is 23.5. The van der Waals surface area contributed by atoms with Crippen molar-refractivity contribution in [2.24, 2.45) is 0 Å². The number of fused-ring (bicyclic) bond motifs is 2. The molecule has 4 aromatic rings. The molecule has 0 fully saturated rings. The van der Waals surface area contributed by atoms with Crippen LogP contribution in [-0.4, -0.2) is 16.8 Å². The van der Waals surface area contributed by atoms with Crippen LogP contribution < -0.4 is 15.0 Å². The fourth-order valence-corrected chi connectivity index (χ4v) is 4.03. The molecule has 1 N–H and O–H groups in total. The van der Waals surface area contributed by atoms with Crippen molar-refractivity contribution in [1.29, 1.82) is 0 Å². The van der Waals surface area contributed by atoms with Crippen molar-refractivity contribution in [3.8, 4) is 11.5 Å². The normalized spacial score (nSPS) is 12.1. The largest absolute Gasteiger partial charge is 0.455 e. The lowest BCUT2D eigenvalue weighted by molar-refractivity contribution is 0.0930. The van der Waals surface area contributed by atoms with E-state index in [9.17, 15) is 9.59 Å². The molecule has 1 aliphatic heterocycles. The summed E-state index contributed by atoms with van der Waals surface area (Å²) >= 11 is 6.28. The number of amides is 2. The van der Waals surface area contributed by atoms with Crippen LogP contribution in [0.5, 0.6) is 11.5 Å². The highest BCUT2D eigenvalue weighted by Crippen LogP contribution is 2.41. The lowest BCUT2D eigenvalue weighted by Crippen LogP contribution is -2.33. The summed E-state index contributed by atoms with van der Waals surface area (Å²) in [5.74, 6) is 0.532. The van der Waals surface area contributed by atoms with E-state index in [1.807, 2.05) is 36.4 Å². The number of benzene rings is 3. The first-order chi connectivity index (χ1) is 16.6. The van der Waals surface area contributed by atoms with Crippen LogP contribution in [0.3, 0.4) is 0 Å². The van der Waals surface area contributed by atoms with E-state index >= 15 is 0 Å². The maximum Gasteiger partial charge on any atom is 0.259 e. The average Bonchev–Trinajstić information content (AvgIpc) is 3.04. The van der Waals surface area contributed by atoms with Crippen LogP contribution >= 0.6 is 11.6 Å². The highest BCUT2D eigenvalue weighted by molar-refractivity contribution is 6.31. The van der Waals surface area contributed by atoms with Gasteiger partial charge in [0.25, 0.3) is 11.8 Å². The molecule has 0 spiro atoms. The summed E-state index contributed by atoms with van der Waals surface area (Å²) in [4.78, 5) is 32.5. The maximum absolute atomic E-state index is 13.9. The number of aromatic nitrogens is 1. The zero-order valence-corrected chi connectivity index (χ0v) is 18.8. The molecule has 0 unspecified atom stereocenters. The van der Waals surface area contributed by atoms with E-state index in [0.29, 0.717) is 39.9 Å². The molecule has 0 aliphatic carbocycles. The monoisotopic (exact) mass is 469 g/mol. The Balaban J connectivity index is 1.50. The lowest BCUT2D eigenvalue weighted by atomic mass is 10.0. The van der Waals surface area contributed by atoms with Gasteiger partial charge in [-0.3, -0.25) is 14.6 Å². The van der Waals surface area contributed by atoms with E-state index in [4.69, 9.17) is 16.3 Å². The number of carbonyl (C=O) groups is 2. The van der Waals surface area contributed by atoms with Gasteiger partial charge in [0.05, 0.1) is 23.4 Å². The standard InChI is InChI=1S/C27H20ClN3O3/c28-20-9-10-25-23(15-20)31(17-19-5-1-4-8-24(19)34-25)27(33)22-7-3-2-6-21(22)26(32)30-16-18-11-13-29-14-12-18/h1-15H,16-17H2,(H,30,32). The molecular formula is C27H20ClN3O3. The third-order valence-corrected chi connectivity index (χ3v) is 5.82. The van der Waals surface area contributed by atoms with Crippen LogP contribution in [0.25, 0.3) is 0 Å². The summed E-state index contributed by atoms with van der Waals surface area (Å²) in [6, 6.07) is 23.2. The van der Waals surface area contributed by atoms with E-state index in [2.05, 4.69) is 10.3 Å². The van der Waals surface area contributed by atoms with Gasteiger partial charge in [-0.15, -0.1) is 0 Å². The Bertz CT molecular complexity index is 1370. The smallest absolute Gasteiger partial charge is 0.259 e. The molecule has 1 aromatic heterocycles. The topological polar surface area (TPSA) is 71.5 Å². The first-order valence-electron chi connectivity index (χ1n) is 10.7. The van der Waals surface area contributed by atoms with Crippen LogP contribution in [0, 0.1) is 0 Å². The zero-order valence-electron chi connectivity index (χ0n) is 18.1. The number of halogens is 1. The van der Waals surface area contributed by atoms with Gasteiger partial charge in [0.15, 0.2) is 5.75 Å². The van der Waals surface area contributed by atoms with E-state index in [1.54, 1.807) is 59.8 Å². The number of pyridine rings is 1. The lowest BCUT2D eigenvalue weighted by Gasteiger charge is -2.23. The second-order valence-electron chi connectivity index (χ2n) is 7.80. The number of rotatable bonds is 4. The molecular weight excluding hydrogens is 450 g/mol. The SMILES string of the molecule is O=C(NCc1ccncc1)c1ccccc1C(=O)N1Cc2ccccc2Oc2ccc(Cl)cc21. The Morgan fingerprint density at radius 3 is 2.47 bits per heavy atom. The van der Waals surface area contributed by atoms with Gasteiger partial charge in [-0.1, -0.05) is 41.9 Å². The predicted octanol–water partition coefficient (Wildman–Crippen LogP) is 5.62. The van der Waals surface area contributed by atoms with Crippen LogP contribution in [0.4, 0.5) is 5.69 Å². The highest BCUT2D eigenvalue weighted by atomic mass is 35.5. The van der Waals surface area contributed by atoms with Crippen LogP contribution in [0.2, 0.25) is 5.02 Å². The predicted molar refractivity (Wildman–Crippen MR) is 130 cm³/mol. The first kappa shape index (κ1) is 21.7. The second-order valence-corrected chi connectivity index (χ2v) is 8.23. The molecule has 0 bridgehead atoms. The number of hydrogen-bond donors (Lipinski definition) is 1. The van der Waals surface area contributed by atoms with Gasteiger partial charge in [-0.25, -0.2) is 0 Å². The minimum absolute atomic E-state index is 0.273. The number of ether oxygens (including phenoxy) is 1. The summed E-state index contributed by atoms with van der Waals surface area (Å²) in [6.07, 6.45) is 3.33. The molecule has 0 atom stereocenters. The van der Waals surface area contributed by atoms with E-state index in [-0.39, 0.29) is 18.4 Å². The molecule has 0 saturated carbocycles. The minimum Gasteiger partial charge on any atom is -0.455 e. The average molecular weight is 470 g/mol. The molecule has 3 aromatic carbocycles. The Labute approximate surface area is 201 Å². The molecule has 6 nitrogen and oxygen atoms in total. The van der Waals surface area contributed by atoms with Crippen LogP contribution in [0.15, 0.2) is 91.3 Å². The number of nitrogens with one attached hydrogen (secondary N) is 1. The molecule has 5 rings (SSSR count). The molecule has 34 heavy (non-hydrogen) atoms. The number of para-hydroxylation sites is 1. The minimum atomic E-state index is -0.335. The van der Waals surface area contributed by atoms with Gasteiger partial charge >= 0.3 is 0 Å². The van der Waals surface area contributed by atoms with Gasteiger partial charge in [0.1, 0.15) is 5.75 Å². The van der Waals surface area contributed by atoms with Crippen molar-refractivity contribution in [1.82, 2.24) is 10.3 Å². The Morgan fingerprint density at radius 2 is 1.65 bits per heavy atom. The van der Waals surface area contributed by atoms with Crippen molar-refractivity contribution in [2.75, 3.05) is 4.90 Å². The summed E-state index contributed by atoms with van der Waals surface area (Å²) in [7, 11) is 0. The van der Waals surface area contributed by atoms with Gasteiger partial charge in [0, 0.05) is 29.5 Å². The van der Waals surface area contributed by atoms with Crippen LogP contribution in [0.1, 0.15) is 31.8 Å². The van der Waals surface area contributed by atoms with Crippen molar-refractivity contribution in [3.05, 3.63) is 119 Å².